The lowest BCUT2D eigenvalue weighted by molar-refractivity contribution is 0.129. The van der Waals surface area contributed by atoms with Gasteiger partial charge in [0.2, 0.25) is 0 Å². The zero-order valence-corrected chi connectivity index (χ0v) is 7.89. The van der Waals surface area contributed by atoms with E-state index >= 15 is 0 Å². The molecule has 0 heterocycles. The Hall–Kier alpha value is -1.12. The lowest BCUT2D eigenvalue weighted by Gasteiger charge is -2.03. The Labute approximate surface area is 81.7 Å². The van der Waals surface area contributed by atoms with E-state index in [1.165, 1.54) is 0 Å². The van der Waals surface area contributed by atoms with E-state index in [4.69, 9.17) is 4.74 Å². The second kappa shape index (κ2) is 3.23. The van der Waals surface area contributed by atoms with E-state index in [0.29, 0.717) is 12.2 Å². The first-order chi connectivity index (χ1) is 6.63. The standard InChI is InChI=1S/C11H11F2O/c1-2-14-9-5-3-8(4-6-9)10-7-11(10,12)13/h3-6H,2,7H2,1H3. The van der Waals surface area contributed by atoms with Gasteiger partial charge in [0.15, 0.2) is 0 Å². The number of hydrogen-bond donors (Lipinski definition) is 0. The zero-order valence-electron chi connectivity index (χ0n) is 7.89. The van der Waals surface area contributed by atoms with Crippen LogP contribution in [0, 0.1) is 5.92 Å². The lowest BCUT2D eigenvalue weighted by atomic mass is 10.1. The zero-order chi connectivity index (χ0) is 10.2. The van der Waals surface area contributed by atoms with Crippen molar-refractivity contribution in [3.05, 3.63) is 35.7 Å². The minimum atomic E-state index is -2.56. The minimum Gasteiger partial charge on any atom is -0.494 e. The molecule has 0 amide bonds. The Bertz CT molecular complexity index is 319. The maximum absolute atomic E-state index is 12.7. The van der Waals surface area contributed by atoms with Crippen molar-refractivity contribution >= 4 is 0 Å². The smallest absolute Gasteiger partial charge is 0.260 e. The van der Waals surface area contributed by atoms with Crippen molar-refractivity contribution in [1.82, 2.24) is 0 Å². The van der Waals surface area contributed by atoms with Crippen LogP contribution in [0.4, 0.5) is 8.78 Å². The number of hydrogen-bond acceptors (Lipinski definition) is 1. The SMILES string of the molecule is CCOc1ccc([C]2CC2(F)F)cc1. The van der Waals surface area contributed by atoms with Crippen molar-refractivity contribution in [2.45, 2.75) is 19.3 Å². The van der Waals surface area contributed by atoms with Crippen molar-refractivity contribution in [2.75, 3.05) is 6.61 Å². The first-order valence-electron chi connectivity index (χ1n) is 4.61. The Morgan fingerprint density at radius 2 is 1.86 bits per heavy atom. The van der Waals surface area contributed by atoms with Gasteiger partial charge in [-0.3, -0.25) is 0 Å². The molecule has 0 atom stereocenters. The second-order valence-corrected chi connectivity index (χ2v) is 3.32. The van der Waals surface area contributed by atoms with E-state index in [1.807, 2.05) is 6.92 Å². The molecule has 3 heteroatoms. The van der Waals surface area contributed by atoms with Gasteiger partial charge < -0.3 is 4.74 Å². The summed E-state index contributed by atoms with van der Waals surface area (Å²) in [5.41, 5.74) is 0.624. The molecule has 14 heavy (non-hydrogen) atoms. The number of benzene rings is 1. The largest absolute Gasteiger partial charge is 0.494 e. The van der Waals surface area contributed by atoms with Crippen LogP contribution < -0.4 is 4.74 Å². The lowest BCUT2D eigenvalue weighted by Crippen LogP contribution is -1.94. The van der Waals surface area contributed by atoms with E-state index in [0.717, 1.165) is 5.75 Å². The van der Waals surface area contributed by atoms with E-state index in [9.17, 15) is 8.78 Å². The Morgan fingerprint density at radius 3 is 2.29 bits per heavy atom. The first-order valence-corrected chi connectivity index (χ1v) is 4.61. The molecule has 1 fully saturated rings. The molecule has 0 aliphatic heterocycles. The highest BCUT2D eigenvalue weighted by Crippen LogP contribution is 2.54. The van der Waals surface area contributed by atoms with Crippen molar-refractivity contribution in [2.24, 2.45) is 0 Å². The van der Waals surface area contributed by atoms with Gasteiger partial charge in [0.25, 0.3) is 5.92 Å². The van der Waals surface area contributed by atoms with E-state index < -0.39 is 5.92 Å². The van der Waals surface area contributed by atoms with Crippen LogP contribution in [0.25, 0.3) is 0 Å². The van der Waals surface area contributed by atoms with Gasteiger partial charge in [0.1, 0.15) is 5.75 Å². The van der Waals surface area contributed by atoms with Gasteiger partial charge in [-0.2, -0.15) is 0 Å². The van der Waals surface area contributed by atoms with E-state index in [1.54, 1.807) is 24.3 Å². The second-order valence-electron chi connectivity index (χ2n) is 3.32. The maximum atomic E-state index is 12.7. The quantitative estimate of drug-likeness (QED) is 0.723. The van der Waals surface area contributed by atoms with Gasteiger partial charge in [0.05, 0.1) is 12.5 Å². The molecule has 0 saturated heterocycles. The predicted molar refractivity (Wildman–Crippen MR) is 49.5 cm³/mol. The minimum absolute atomic E-state index is 0.0962. The average molecular weight is 197 g/mol. The molecule has 1 saturated carbocycles. The van der Waals surface area contributed by atoms with Crippen molar-refractivity contribution < 1.29 is 13.5 Å². The highest BCUT2D eigenvalue weighted by Gasteiger charge is 2.58. The predicted octanol–water partition coefficient (Wildman–Crippen LogP) is 3.05. The topological polar surface area (TPSA) is 9.23 Å². The fraction of sp³-hybridized carbons (Fsp3) is 0.364. The molecule has 0 unspecified atom stereocenters. The summed E-state index contributed by atoms with van der Waals surface area (Å²) in [6, 6.07) is 6.81. The van der Waals surface area contributed by atoms with Crippen molar-refractivity contribution in [1.29, 1.82) is 0 Å². The number of ether oxygens (including phenoxy) is 1. The van der Waals surface area contributed by atoms with Gasteiger partial charge in [-0.25, -0.2) is 8.78 Å². The summed E-state index contributed by atoms with van der Waals surface area (Å²) in [5.74, 6) is -1.60. The maximum Gasteiger partial charge on any atom is 0.260 e. The fourth-order valence-corrected chi connectivity index (χ4v) is 1.41. The first kappa shape index (κ1) is 9.44. The molecule has 1 radical (unpaired) electrons. The molecule has 1 aromatic carbocycles. The molecule has 0 spiro atoms. The molecule has 1 nitrogen and oxygen atoms in total. The third-order valence-corrected chi connectivity index (χ3v) is 2.23. The van der Waals surface area contributed by atoms with Crippen LogP contribution in [0.1, 0.15) is 18.9 Å². The summed E-state index contributed by atoms with van der Waals surface area (Å²) in [6.07, 6.45) is -0.0962. The molecule has 0 bridgehead atoms. The summed E-state index contributed by atoms with van der Waals surface area (Å²) < 4.78 is 30.5. The Kier molecular flexibility index (Phi) is 2.17. The van der Waals surface area contributed by atoms with Gasteiger partial charge in [-0.1, -0.05) is 12.1 Å². The normalized spacial score (nSPS) is 19.4. The number of halogens is 2. The molecule has 1 aliphatic carbocycles. The monoisotopic (exact) mass is 197 g/mol. The molecular weight excluding hydrogens is 186 g/mol. The van der Waals surface area contributed by atoms with Crippen LogP contribution in [-0.2, 0) is 0 Å². The third kappa shape index (κ3) is 1.72. The van der Waals surface area contributed by atoms with E-state index in [-0.39, 0.29) is 12.3 Å². The molecule has 0 aromatic heterocycles. The molecule has 0 N–H and O–H groups in total. The Balaban J connectivity index is 2.08. The summed E-state index contributed by atoms with van der Waals surface area (Å²) >= 11 is 0. The molecule has 75 valence electrons. The summed E-state index contributed by atoms with van der Waals surface area (Å²) in [6.45, 7) is 2.48. The van der Waals surface area contributed by atoms with Gasteiger partial charge >= 0.3 is 0 Å². The summed E-state index contributed by atoms with van der Waals surface area (Å²) in [7, 11) is 0. The number of rotatable bonds is 3. The highest BCUT2D eigenvalue weighted by atomic mass is 19.3. The third-order valence-electron chi connectivity index (χ3n) is 2.23. The van der Waals surface area contributed by atoms with Crippen LogP contribution in [0.2, 0.25) is 0 Å². The fourth-order valence-electron chi connectivity index (χ4n) is 1.41. The van der Waals surface area contributed by atoms with Gasteiger partial charge in [-0.05, 0) is 24.6 Å². The van der Waals surface area contributed by atoms with Crippen molar-refractivity contribution in [3.63, 3.8) is 0 Å². The summed E-state index contributed by atoms with van der Waals surface area (Å²) in [5, 5.41) is 0. The van der Waals surface area contributed by atoms with Crippen LogP contribution in [0.15, 0.2) is 24.3 Å². The average Bonchev–Trinajstić information content (AvgIpc) is 2.77. The van der Waals surface area contributed by atoms with Crippen molar-refractivity contribution in [3.8, 4) is 5.75 Å². The van der Waals surface area contributed by atoms with Crippen LogP contribution in [0.3, 0.4) is 0 Å². The Morgan fingerprint density at radius 1 is 1.29 bits per heavy atom. The number of alkyl halides is 2. The highest BCUT2D eigenvalue weighted by molar-refractivity contribution is 5.46. The van der Waals surface area contributed by atoms with Crippen LogP contribution >= 0.6 is 0 Å². The molecule has 1 aliphatic rings. The van der Waals surface area contributed by atoms with Crippen LogP contribution in [-0.4, -0.2) is 12.5 Å². The van der Waals surface area contributed by atoms with Gasteiger partial charge in [0, 0.05) is 6.42 Å². The molecule has 2 rings (SSSR count). The summed E-state index contributed by atoms with van der Waals surface area (Å²) in [4.78, 5) is 0. The molecular formula is C11H11F2O. The molecule has 1 aromatic rings. The van der Waals surface area contributed by atoms with E-state index in [2.05, 4.69) is 0 Å². The van der Waals surface area contributed by atoms with Gasteiger partial charge in [-0.15, -0.1) is 0 Å². The van der Waals surface area contributed by atoms with Crippen LogP contribution in [0.5, 0.6) is 5.75 Å².